The van der Waals surface area contributed by atoms with E-state index in [4.69, 9.17) is 5.11 Å². The van der Waals surface area contributed by atoms with Gasteiger partial charge in [0, 0.05) is 29.6 Å². The van der Waals surface area contributed by atoms with Gasteiger partial charge in [-0.15, -0.1) is 0 Å². The van der Waals surface area contributed by atoms with Gasteiger partial charge >= 0.3 is 5.97 Å². The number of carboxylic acid groups (broad SMARTS) is 1. The zero-order valence-electron chi connectivity index (χ0n) is 12.3. The summed E-state index contributed by atoms with van der Waals surface area (Å²) in [7, 11) is 0. The minimum atomic E-state index is -0.782. The van der Waals surface area contributed by atoms with E-state index in [9.17, 15) is 9.59 Å². The van der Waals surface area contributed by atoms with Crippen molar-refractivity contribution < 1.29 is 14.7 Å². The monoisotopic (exact) mass is 318 g/mol. The van der Waals surface area contributed by atoms with E-state index in [1.807, 2.05) is 31.2 Å². The van der Waals surface area contributed by atoms with E-state index in [2.05, 4.69) is 10.3 Å². The SMILES string of the molecule is Cc1c[nH]cc1C(=O)Nc1cccc(CSCCC(=O)O)c1. The summed E-state index contributed by atoms with van der Waals surface area (Å²) >= 11 is 1.56. The predicted molar refractivity (Wildman–Crippen MR) is 88.3 cm³/mol. The van der Waals surface area contributed by atoms with Crippen molar-refractivity contribution in [2.24, 2.45) is 0 Å². The Hall–Kier alpha value is -2.21. The summed E-state index contributed by atoms with van der Waals surface area (Å²) in [5.74, 6) is 0.374. The molecule has 0 aliphatic heterocycles. The van der Waals surface area contributed by atoms with Crippen LogP contribution in [0.25, 0.3) is 0 Å². The molecule has 2 rings (SSSR count). The fourth-order valence-electron chi connectivity index (χ4n) is 1.97. The summed E-state index contributed by atoms with van der Waals surface area (Å²) in [6.45, 7) is 1.88. The molecule has 1 aromatic heterocycles. The van der Waals surface area contributed by atoms with Crippen molar-refractivity contribution in [3.8, 4) is 0 Å². The zero-order chi connectivity index (χ0) is 15.9. The van der Waals surface area contributed by atoms with Gasteiger partial charge in [0.15, 0.2) is 0 Å². The molecule has 22 heavy (non-hydrogen) atoms. The Kier molecular flexibility index (Phi) is 5.66. The van der Waals surface area contributed by atoms with Crippen LogP contribution in [0.2, 0.25) is 0 Å². The molecular weight excluding hydrogens is 300 g/mol. The maximum Gasteiger partial charge on any atom is 0.304 e. The Morgan fingerprint density at radius 2 is 2.14 bits per heavy atom. The molecule has 116 valence electrons. The normalized spacial score (nSPS) is 10.4. The number of aryl methyl sites for hydroxylation is 1. The number of rotatable bonds is 7. The number of aromatic amines is 1. The number of carbonyl (C=O) groups excluding carboxylic acids is 1. The molecule has 0 aliphatic carbocycles. The first kappa shape index (κ1) is 16.2. The number of benzene rings is 1. The van der Waals surface area contributed by atoms with Crippen molar-refractivity contribution in [2.75, 3.05) is 11.1 Å². The first-order chi connectivity index (χ1) is 10.6. The van der Waals surface area contributed by atoms with E-state index < -0.39 is 5.97 Å². The van der Waals surface area contributed by atoms with Crippen LogP contribution in [0.3, 0.4) is 0 Å². The number of amides is 1. The van der Waals surface area contributed by atoms with Crippen molar-refractivity contribution >= 4 is 29.3 Å². The van der Waals surface area contributed by atoms with E-state index in [0.29, 0.717) is 11.3 Å². The lowest BCUT2D eigenvalue weighted by Gasteiger charge is -2.07. The van der Waals surface area contributed by atoms with Crippen molar-refractivity contribution in [3.63, 3.8) is 0 Å². The van der Waals surface area contributed by atoms with Crippen LogP contribution < -0.4 is 5.32 Å². The Morgan fingerprint density at radius 1 is 1.32 bits per heavy atom. The third kappa shape index (κ3) is 4.66. The summed E-state index contributed by atoms with van der Waals surface area (Å²) in [6.07, 6.45) is 3.62. The van der Waals surface area contributed by atoms with Crippen molar-refractivity contribution in [3.05, 3.63) is 53.3 Å². The third-order valence-electron chi connectivity index (χ3n) is 3.11. The van der Waals surface area contributed by atoms with Gasteiger partial charge < -0.3 is 15.4 Å². The van der Waals surface area contributed by atoms with Crippen molar-refractivity contribution in [1.29, 1.82) is 0 Å². The lowest BCUT2D eigenvalue weighted by atomic mass is 10.2. The van der Waals surface area contributed by atoms with Crippen molar-refractivity contribution in [1.82, 2.24) is 4.98 Å². The van der Waals surface area contributed by atoms with Crippen LogP contribution in [0.4, 0.5) is 5.69 Å². The minimum Gasteiger partial charge on any atom is -0.481 e. The van der Waals surface area contributed by atoms with Gasteiger partial charge in [0.25, 0.3) is 5.91 Å². The molecule has 1 aromatic carbocycles. The lowest BCUT2D eigenvalue weighted by molar-refractivity contribution is -0.136. The Bertz CT molecular complexity index is 667. The van der Waals surface area contributed by atoms with E-state index in [-0.39, 0.29) is 12.3 Å². The first-order valence-electron chi connectivity index (χ1n) is 6.89. The first-order valence-corrected chi connectivity index (χ1v) is 8.05. The van der Waals surface area contributed by atoms with Crippen LogP contribution in [-0.4, -0.2) is 27.7 Å². The maximum atomic E-state index is 12.1. The summed E-state index contributed by atoms with van der Waals surface area (Å²) in [5, 5.41) is 11.5. The number of aliphatic carboxylic acids is 1. The van der Waals surface area contributed by atoms with Gasteiger partial charge in [0.2, 0.25) is 0 Å². The average Bonchev–Trinajstić information content (AvgIpc) is 2.90. The third-order valence-corrected chi connectivity index (χ3v) is 4.14. The summed E-state index contributed by atoms with van der Waals surface area (Å²) < 4.78 is 0. The molecule has 5 nitrogen and oxygen atoms in total. The number of thioether (sulfide) groups is 1. The fraction of sp³-hybridized carbons (Fsp3) is 0.250. The van der Waals surface area contributed by atoms with Gasteiger partial charge in [0.1, 0.15) is 0 Å². The van der Waals surface area contributed by atoms with Crippen LogP contribution in [0.5, 0.6) is 0 Å². The highest BCUT2D eigenvalue weighted by atomic mass is 32.2. The molecule has 3 N–H and O–H groups in total. The number of nitrogens with one attached hydrogen (secondary N) is 2. The smallest absolute Gasteiger partial charge is 0.304 e. The van der Waals surface area contributed by atoms with E-state index >= 15 is 0 Å². The van der Waals surface area contributed by atoms with Crippen LogP contribution in [0, 0.1) is 6.92 Å². The molecular formula is C16H18N2O3S. The van der Waals surface area contributed by atoms with Gasteiger partial charge in [-0.25, -0.2) is 0 Å². The molecule has 0 aliphatic rings. The number of hydrogen-bond acceptors (Lipinski definition) is 3. The predicted octanol–water partition coefficient (Wildman–Crippen LogP) is 3.28. The molecule has 2 aromatic rings. The van der Waals surface area contributed by atoms with Gasteiger partial charge in [-0.1, -0.05) is 12.1 Å². The van der Waals surface area contributed by atoms with E-state index in [1.54, 1.807) is 24.2 Å². The van der Waals surface area contributed by atoms with Gasteiger partial charge in [-0.3, -0.25) is 9.59 Å². The summed E-state index contributed by atoms with van der Waals surface area (Å²) in [6, 6.07) is 7.59. The fourth-order valence-corrected chi connectivity index (χ4v) is 2.85. The summed E-state index contributed by atoms with van der Waals surface area (Å²) in [5.41, 5.74) is 3.32. The van der Waals surface area contributed by atoms with Crippen molar-refractivity contribution in [2.45, 2.75) is 19.1 Å². The number of carbonyl (C=O) groups is 2. The van der Waals surface area contributed by atoms with Gasteiger partial charge in [-0.05, 0) is 30.2 Å². The second-order valence-electron chi connectivity index (χ2n) is 4.90. The molecule has 0 saturated carbocycles. The topological polar surface area (TPSA) is 82.2 Å². The minimum absolute atomic E-state index is 0.144. The maximum absolute atomic E-state index is 12.1. The molecule has 6 heteroatoms. The molecule has 0 spiro atoms. The van der Waals surface area contributed by atoms with Crippen LogP contribution in [-0.2, 0) is 10.5 Å². The van der Waals surface area contributed by atoms with Crippen LogP contribution in [0.1, 0.15) is 27.9 Å². The molecule has 0 atom stereocenters. The number of hydrogen-bond donors (Lipinski definition) is 3. The Labute approximate surface area is 133 Å². The number of aromatic nitrogens is 1. The van der Waals surface area contributed by atoms with E-state index in [1.165, 1.54) is 0 Å². The largest absolute Gasteiger partial charge is 0.481 e. The standard InChI is InChI=1S/C16H18N2O3S/c1-11-8-17-9-14(11)16(21)18-13-4-2-3-12(7-13)10-22-6-5-15(19)20/h2-4,7-9,17H,5-6,10H2,1H3,(H,18,21)(H,19,20). The van der Waals surface area contributed by atoms with Crippen LogP contribution >= 0.6 is 11.8 Å². The quantitative estimate of drug-likeness (QED) is 0.684. The highest BCUT2D eigenvalue weighted by Gasteiger charge is 2.10. The average molecular weight is 318 g/mol. The second kappa shape index (κ2) is 7.70. The number of H-pyrrole nitrogens is 1. The molecule has 1 amide bonds. The second-order valence-corrected chi connectivity index (χ2v) is 6.01. The lowest BCUT2D eigenvalue weighted by Crippen LogP contribution is -2.12. The van der Waals surface area contributed by atoms with Gasteiger partial charge in [0.05, 0.1) is 12.0 Å². The number of anilines is 1. The van der Waals surface area contributed by atoms with Crippen LogP contribution in [0.15, 0.2) is 36.7 Å². The van der Waals surface area contributed by atoms with E-state index in [0.717, 1.165) is 22.6 Å². The Balaban J connectivity index is 1.92. The molecule has 0 fully saturated rings. The highest BCUT2D eigenvalue weighted by Crippen LogP contribution is 2.18. The molecule has 0 unspecified atom stereocenters. The molecule has 0 saturated heterocycles. The van der Waals surface area contributed by atoms with Gasteiger partial charge in [-0.2, -0.15) is 11.8 Å². The Morgan fingerprint density at radius 3 is 2.82 bits per heavy atom. The molecule has 1 heterocycles. The number of carboxylic acids is 1. The summed E-state index contributed by atoms with van der Waals surface area (Å²) in [4.78, 5) is 25.5. The zero-order valence-corrected chi connectivity index (χ0v) is 13.1. The highest BCUT2D eigenvalue weighted by molar-refractivity contribution is 7.98. The molecule has 0 radical (unpaired) electrons. The molecule has 0 bridgehead atoms.